The summed E-state index contributed by atoms with van der Waals surface area (Å²) in [6, 6.07) is 14.5. The van der Waals surface area contributed by atoms with Crippen LogP contribution in [0.25, 0.3) is 0 Å². The molecule has 0 aromatic heterocycles. The van der Waals surface area contributed by atoms with Gasteiger partial charge in [0.25, 0.3) is 0 Å². The van der Waals surface area contributed by atoms with Crippen molar-refractivity contribution in [1.29, 1.82) is 0 Å². The zero-order chi connectivity index (χ0) is 22.0. The van der Waals surface area contributed by atoms with Crippen LogP contribution in [0.4, 0.5) is 0 Å². The van der Waals surface area contributed by atoms with Crippen LogP contribution in [0.3, 0.4) is 0 Å². The van der Waals surface area contributed by atoms with Crippen LogP contribution in [-0.2, 0) is 23.2 Å². The Balaban J connectivity index is 1.46. The second kappa shape index (κ2) is 8.74. The van der Waals surface area contributed by atoms with E-state index in [1.54, 1.807) is 0 Å². The zero-order valence-corrected chi connectivity index (χ0v) is 18.7. The molecular weight excluding hydrogens is 388 g/mol. The van der Waals surface area contributed by atoms with Crippen LogP contribution >= 0.6 is 0 Å². The Kier molecular flexibility index (Phi) is 6.03. The molecule has 1 aliphatic heterocycles. The lowest BCUT2D eigenvalue weighted by molar-refractivity contribution is -0.137. The lowest BCUT2D eigenvalue weighted by Gasteiger charge is -2.33. The highest BCUT2D eigenvalue weighted by atomic mass is 16.5. The molecule has 2 aromatic carbocycles. The van der Waals surface area contributed by atoms with E-state index in [9.17, 15) is 9.90 Å². The summed E-state index contributed by atoms with van der Waals surface area (Å²) < 4.78 is 6.06. The van der Waals surface area contributed by atoms with Gasteiger partial charge in [-0.3, -0.25) is 9.79 Å². The molecule has 2 aromatic rings. The minimum atomic E-state index is -0.816. The number of likely N-dealkylation sites (N-methyl/N-ethyl adjacent to an activating group) is 1. The zero-order valence-electron chi connectivity index (χ0n) is 18.7. The second-order valence-corrected chi connectivity index (χ2v) is 9.40. The summed E-state index contributed by atoms with van der Waals surface area (Å²) in [6.07, 6.45) is 3.69. The first-order chi connectivity index (χ1) is 14.8. The molecule has 0 saturated carbocycles. The quantitative estimate of drug-likeness (QED) is 0.700. The Morgan fingerprint density at radius 3 is 2.68 bits per heavy atom. The van der Waals surface area contributed by atoms with Gasteiger partial charge in [0.15, 0.2) is 0 Å². The highest BCUT2D eigenvalue weighted by Gasteiger charge is 2.28. The predicted molar refractivity (Wildman–Crippen MR) is 123 cm³/mol. The number of ether oxygens (including phenoxy) is 1. The first-order valence-electron chi connectivity index (χ1n) is 11.2. The number of rotatable bonds is 7. The van der Waals surface area contributed by atoms with Gasteiger partial charge in [-0.25, -0.2) is 0 Å². The molecule has 4 rings (SSSR count). The standard InChI is InChI=1S/C26H32N2O3/c1-26(2)12-4-5-20-7-6-18(15-23(20)26)17-31-21-10-8-19(9-11-21)22(16-24(29)30)25-27-13-14-28(25)3/h6-11,15,22H,4-5,12-14,16-17H2,1-3H3,(H,29,30)/t22-/m0/s1. The molecule has 0 spiro atoms. The third kappa shape index (κ3) is 4.76. The van der Waals surface area contributed by atoms with Crippen molar-refractivity contribution in [2.24, 2.45) is 4.99 Å². The van der Waals surface area contributed by atoms with Gasteiger partial charge in [0.05, 0.1) is 18.9 Å². The van der Waals surface area contributed by atoms with Gasteiger partial charge in [0.2, 0.25) is 0 Å². The number of carboxylic acids is 1. The minimum absolute atomic E-state index is 0.0360. The molecular formula is C26H32N2O3. The average molecular weight is 421 g/mol. The first kappa shape index (κ1) is 21.4. The maximum atomic E-state index is 11.4. The number of nitrogens with zero attached hydrogens (tertiary/aromatic N) is 2. The van der Waals surface area contributed by atoms with Gasteiger partial charge in [0.1, 0.15) is 18.2 Å². The molecule has 1 atom stereocenters. The summed E-state index contributed by atoms with van der Waals surface area (Å²) in [7, 11) is 1.97. The van der Waals surface area contributed by atoms with E-state index in [2.05, 4.69) is 41.9 Å². The highest BCUT2D eigenvalue weighted by molar-refractivity contribution is 5.93. The van der Waals surface area contributed by atoms with Crippen molar-refractivity contribution in [2.75, 3.05) is 20.1 Å². The second-order valence-electron chi connectivity index (χ2n) is 9.40. The number of aliphatic imine (C=N–C) groups is 1. The van der Waals surface area contributed by atoms with E-state index >= 15 is 0 Å². The van der Waals surface area contributed by atoms with Crippen LogP contribution in [-0.4, -0.2) is 41.9 Å². The summed E-state index contributed by atoms with van der Waals surface area (Å²) in [5.74, 6) is 0.592. The average Bonchev–Trinajstić information content (AvgIpc) is 3.16. The van der Waals surface area contributed by atoms with Crippen LogP contribution in [0.5, 0.6) is 5.75 Å². The Bertz CT molecular complexity index is 979. The van der Waals surface area contributed by atoms with Crippen LogP contribution in [0.2, 0.25) is 0 Å². The Hall–Kier alpha value is -2.82. The number of aryl methyl sites for hydroxylation is 1. The molecule has 1 N–H and O–H groups in total. The molecule has 31 heavy (non-hydrogen) atoms. The first-order valence-corrected chi connectivity index (χ1v) is 11.2. The number of aliphatic carboxylic acids is 1. The van der Waals surface area contributed by atoms with E-state index in [-0.39, 0.29) is 17.8 Å². The van der Waals surface area contributed by atoms with Crippen LogP contribution in [0, 0.1) is 0 Å². The van der Waals surface area contributed by atoms with E-state index in [4.69, 9.17) is 4.74 Å². The third-order valence-electron chi connectivity index (χ3n) is 6.63. The topological polar surface area (TPSA) is 62.1 Å². The summed E-state index contributed by atoms with van der Waals surface area (Å²) in [5, 5.41) is 9.38. The molecule has 0 unspecified atom stereocenters. The Labute approximate surface area is 184 Å². The van der Waals surface area contributed by atoms with Crippen LogP contribution in [0.15, 0.2) is 47.5 Å². The molecule has 0 bridgehead atoms. The summed E-state index contributed by atoms with van der Waals surface area (Å²) in [4.78, 5) is 18.0. The highest BCUT2D eigenvalue weighted by Crippen LogP contribution is 2.37. The summed E-state index contributed by atoms with van der Waals surface area (Å²) >= 11 is 0. The van der Waals surface area contributed by atoms with Gasteiger partial charge in [-0.15, -0.1) is 0 Å². The van der Waals surface area contributed by atoms with E-state index in [1.165, 1.54) is 36.0 Å². The molecule has 0 fully saturated rings. The van der Waals surface area contributed by atoms with E-state index in [1.807, 2.05) is 31.3 Å². The van der Waals surface area contributed by atoms with Crippen LogP contribution in [0.1, 0.15) is 61.3 Å². The number of hydrogen-bond donors (Lipinski definition) is 1. The third-order valence-corrected chi connectivity index (χ3v) is 6.63. The summed E-state index contributed by atoms with van der Waals surface area (Å²) in [5.41, 5.74) is 5.28. The molecule has 5 nitrogen and oxygen atoms in total. The maximum absolute atomic E-state index is 11.4. The van der Waals surface area contributed by atoms with Crippen molar-refractivity contribution >= 4 is 11.8 Å². The number of hydrogen-bond acceptors (Lipinski definition) is 4. The van der Waals surface area contributed by atoms with Crippen molar-refractivity contribution in [3.8, 4) is 5.75 Å². The summed E-state index contributed by atoms with van der Waals surface area (Å²) in [6.45, 7) is 6.74. The molecule has 5 heteroatoms. The molecule has 1 aliphatic carbocycles. The van der Waals surface area contributed by atoms with Crippen molar-refractivity contribution in [3.63, 3.8) is 0 Å². The van der Waals surface area contributed by atoms with Gasteiger partial charge in [-0.2, -0.15) is 0 Å². The number of carbonyl (C=O) groups is 1. The fourth-order valence-electron chi connectivity index (χ4n) is 4.84. The molecule has 0 amide bonds. The Morgan fingerprint density at radius 2 is 2.00 bits per heavy atom. The maximum Gasteiger partial charge on any atom is 0.304 e. The molecule has 0 radical (unpaired) electrons. The predicted octanol–water partition coefficient (Wildman–Crippen LogP) is 4.78. The number of benzene rings is 2. The van der Waals surface area contributed by atoms with Crippen LogP contribution < -0.4 is 4.74 Å². The van der Waals surface area contributed by atoms with Crippen molar-refractivity contribution < 1.29 is 14.6 Å². The molecule has 2 aliphatic rings. The fourth-order valence-corrected chi connectivity index (χ4v) is 4.84. The lowest BCUT2D eigenvalue weighted by Crippen LogP contribution is -2.29. The van der Waals surface area contributed by atoms with Crippen molar-refractivity contribution in [3.05, 3.63) is 64.7 Å². The SMILES string of the molecule is CN1CCN=C1[C@@H](CC(=O)O)c1ccc(OCc2ccc3c(c2)C(C)(C)CCC3)cc1. The smallest absolute Gasteiger partial charge is 0.304 e. The molecule has 0 saturated heterocycles. The Morgan fingerprint density at radius 1 is 1.23 bits per heavy atom. The number of carboxylic acid groups (broad SMARTS) is 1. The lowest BCUT2D eigenvalue weighted by atomic mass is 9.72. The van der Waals surface area contributed by atoms with Gasteiger partial charge in [-0.05, 0) is 59.1 Å². The fraction of sp³-hybridized carbons (Fsp3) is 0.462. The molecule has 1 heterocycles. The minimum Gasteiger partial charge on any atom is -0.489 e. The number of amidine groups is 1. The molecule has 164 valence electrons. The van der Waals surface area contributed by atoms with Gasteiger partial charge >= 0.3 is 5.97 Å². The van der Waals surface area contributed by atoms with Crippen molar-refractivity contribution in [2.45, 2.75) is 57.5 Å². The van der Waals surface area contributed by atoms with Gasteiger partial charge in [-0.1, -0.05) is 44.2 Å². The van der Waals surface area contributed by atoms with E-state index < -0.39 is 5.97 Å². The van der Waals surface area contributed by atoms with Gasteiger partial charge in [0, 0.05) is 13.6 Å². The largest absolute Gasteiger partial charge is 0.489 e. The van der Waals surface area contributed by atoms with E-state index in [0.29, 0.717) is 6.61 Å². The van der Waals surface area contributed by atoms with Crippen molar-refractivity contribution in [1.82, 2.24) is 4.90 Å². The van der Waals surface area contributed by atoms with Gasteiger partial charge < -0.3 is 14.7 Å². The number of fused-ring (bicyclic) bond motifs is 1. The van der Waals surface area contributed by atoms with E-state index in [0.717, 1.165) is 30.2 Å². The normalized spacial score (nSPS) is 18.3. The monoisotopic (exact) mass is 420 g/mol.